The van der Waals surface area contributed by atoms with Crippen LogP contribution in [0.4, 0.5) is 19.3 Å². The molecule has 0 radical (unpaired) electrons. The third kappa shape index (κ3) is 4.74. The summed E-state index contributed by atoms with van der Waals surface area (Å²) in [6, 6.07) is 8.15. The van der Waals surface area contributed by atoms with Crippen molar-refractivity contribution in [2.24, 2.45) is 0 Å². The van der Waals surface area contributed by atoms with Gasteiger partial charge in [-0.3, -0.25) is 0 Å². The zero-order valence-electron chi connectivity index (χ0n) is 20.9. The molecule has 35 heavy (non-hydrogen) atoms. The highest BCUT2D eigenvalue weighted by molar-refractivity contribution is 5.74. The van der Waals surface area contributed by atoms with Crippen LogP contribution in [-0.2, 0) is 30.5 Å². The van der Waals surface area contributed by atoms with Gasteiger partial charge in [0.2, 0.25) is 0 Å². The number of amides is 1. The van der Waals surface area contributed by atoms with Crippen LogP contribution < -0.4 is 5.73 Å². The van der Waals surface area contributed by atoms with Gasteiger partial charge in [0.1, 0.15) is 17.2 Å². The second-order valence-electron chi connectivity index (χ2n) is 9.82. The minimum absolute atomic E-state index is 0.0597. The molecule has 0 fully saturated rings. The van der Waals surface area contributed by atoms with E-state index < -0.39 is 23.3 Å². The molecule has 6 nitrogen and oxygen atoms in total. The molecular weight excluding hydrogens is 450 g/mol. The van der Waals surface area contributed by atoms with E-state index in [2.05, 4.69) is 13.8 Å². The number of halogens is 2. The van der Waals surface area contributed by atoms with Crippen molar-refractivity contribution in [1.29, 1.82) is 0 Å². The van der Waals surface area contributed by atoms with Crippen molar-refractivity contribution in [1.82, 2.24) is 14.7 Å². The van der Waals surface area contributed by atoms with Crippen molar-refractivity contribution in [3.8, 4) is 16.9 Å². The molecule has 4 rings (SSSR count). The first-order valence-corrected chi connectivity index (χ1v) is 12.0. The number of nitrogens with two attached hydrogens (primary N) is 1. The first kappa shape index (κ1) is 24.7. The Kier molecular flexibility index (Phi) is 6.58. The molecule has 0 aliphatic carbocycles. The number of aryl methyl sites for hydroxylation is 2. The number of hydrogen-bond acceptors (Lipinski definition) is 4. The van der Waals surface area contributed by atoms with Crippen molar-refractivity contribution in [3.63, 3.8) is 0 Å². The van der Waals surface area contributed by atoms with Crippen LogP contribution in [0.2, 0.25) is 0 Å². The standard InChI is InChI=1S/C27H32F2N4O2/c1-6-16-9-8-10-17(7-2)24(16)33-25(18-13-21(29)22(30)14-20(18)28)19-15-32(12-11-23(19)31-33)26(34)35-27(3,4)5/h8-10,13-14H,6-7,11-12,15,30H2,1-5H3. The molecule has 8 heteroatoms. The number of carbonyl (C=O) groups excluding carboxylic acids is 1. The summed E-state index contributed by atoms with van der Waals surface area (Å²) < 4.78 is 37.2. The molecule has 0 spiro atoms. The molecule has 2 aromatic carbocycles. The van der Waals surface area contributed by atoms with Gasteiger partial charge in [-0.05, 0) is 50.8 Å². The average Bonchev–Trinajstić information content (AvgIpc) is 3.17. The second kappa shape index (κ2) is 9.32. The molecule has 2 N–H and O–H groups in total. The maximum Gasteiger partial charge on any atom is 0.410 e. The van der Waals surface area contributed by atoms with Gasteiger partial charge in [0.05, 0.1) is 29.3 Å². The van der Waals surface area contributed by atoms with Crippen LogP contribution in [-0.4, -0.2) is 32.9 Å². The molecule has 0 bridgehead atoms. The minimum Gasteiger partial charge on any atom is -0.444 e. The molecule has 1 aromatic heterocycles. The molecule has 186 valence electrons. The Morgan fingerprint density at radius 3 is 2.37 bits per heavy atom. The van der Waals surface area contributed by atoms with E-state index in [0.717, 1.165) is 47.5 Å². The van der Waals surface area contributed by atoms with E-state index in [1.54, 1.807) is 9.58 Å². The summed E-state index contributed by atoms with van der Waals surface area (Å²) in [6.45, 7) is 10.1. The summed E-state index contributed by atoms with van der Waals surface area (Å²) >= 11 is 0. The van der Waals surface area contributed by atoms with E-state index in [-0.39, 0.29) is 17.8 Å². The number of carbonyl (C=O) groups is 1. The third-order valence-corrected chi connectivity index (χ3v) is 6.20. The highest BCUT2D eigenvalue weighted by Crippen LogP contribution is 2.37. The monoisotopic (exact) mass is 482 g/mol. The van der Waals surface area contributed by atoms with Crippen molar-refractivity contribution in [2.45, 2.75) is 66.0 Å². The summed E-state index contributed by atoms with van der Waals surface area (Å²) in [5.74, 6) is -1.35. The number of fused-ring (bicyclic) bond motifs is 1. The lowest BCUT2D eigenvalue weighted by Crippen LogP contribution is -2.39. The fraction of sp³-hybridized carbons (Fsp3) is 0.407. The average molecular weight is 483 g/mol. The van der Waals surface area contributed by atoms with Crippen LogP contribution in [0.1, 0.15) is 57.0 Å². The highest BCUT2D eigenvalue weighted by atomic mass is 19.1. The normalized spacial score (nSPS) is 13.6. The van der Waals surface area contributed by atoms with E-state index in [1.165, 1.54) is 0 Å². The lowest BCUT2D eigenvalue weighted by molar-refractivity contribution is 0.0224. The van der Waals surface area contributed by atoms with Crippen LogP contribution in [0.15, 0.2) is 30.3 Å². The Balaban J connectivity index is 1.95. The lowest BCUT2D eigenvalue weighted by atomic mass is 9.98. The van der Waals surface area contributed by atoms with E-state index in [0.29, 0.717) is 24.2 Å². The molecule has 0 atom stereocenters. The Hall–Kier alpha value is -3.42. The zero-order valence-corrected chi connectivity index (χ0v) is 20.9. The molecule has 0 saturated carbocycles. The minimum atomic E-state index is -0.706. The maximum atomic E-state index is 15.3. The summed E-state index contributed by atoms with van der Waals surface area (Å²) in [5, 5.41) is 4.89. The fourth-order valence-electron chi connectivity index (χ4n) is 4.53. The molecule has 1 aliphatic rings. The fourth-order valence-corrected chi connectivity index (χ4v) is 4.53. The molecule has 0 unspecified atom stereocenters. The number of aromatic nitrogens is 2. The molecule has 3 aromatic rings. The number of nitrogen functional groups attached to an aromatic ring is 1. The van der Waals surface area contributed by atoms with Crippen LogP contribution in [0.3, 0.4) is 0 Å². The lowest BCUT2D eigenvalue weighted by Gasteiger charge is -2.30. The van der Waals surface area contributed by atoms with Crippen molar-refractivity contribution >= 4 is 11.8 Å². The maximum absolute atomic E-state index is 15.3. The summed E-state index contributed by atoms with van der Waals surface area (Å²) in [7, 11) is 0. The Morgan fingerprint density at radius 1 is 1.11 bits per heavy atom. The summed E-state index contributed by atoms with van der Waals surface area (Å²) in [5.41, 5.74) is 9.61. The van der Waals surface area contributed by atoms with Gasteiger partial charge in [-0.25, -0.2) is 18.3 Å². The van der Waals surface area contributed by atoms with Crippen molar-refractivity contribution in [2.75, 3.05) is 12.3 Å². The number of hydrogen-bond donors (Lipinski definition) is 1. The van der Waals surface area contributed by atoms with E-state index in [9.17, 15) is 9.18 Å². The molecule has 0 saturated heterocycles. The van der Waals surface area contributed by atoms with Gasteiger partial charge >= 0.3 is 6.09 Å². The van der Waals surface area contributed by atoms with Gasteiger partial charge in [0, 0.05) is 30.2 Å². The largest absolute Gasteiger partial charge is 0.444 e. The van der Waals surface area contributed by atoms with Gasteiger partial charge in [0.25, 0.3) is 0 Å². The van der Waals surface area contributed by atoms with Crippen LogP contribution in [0, 0.1) is 11.6 Å². The number of nitrogens with zero attached hydrogens (tertiary/aromatic N) is 3. The van der Waals surface area contributed by atoms with Crippen molar-refractivity contribution in [3.05, 3.63) is 64.4 Å². The smallest absolute Gasteiger partial charge is 0.410 e. The van der Waals surface area contributed by atoms with Gasteiger partial charge < -0.3 is 15.4 Å². The molecule has 1 aliphatic heterocycles. The molecular formula is C27H32F2N4O2. The highest BCUT2D eigenvalue weighted by Gasteiger charge is 2.32. The van der Waals surface area contributed by atoms with Crippen LogP contribution in [0.5, 0.6) is 0 Å². The second-order valence-corrected chi connectivity index (χ2v) is 9.82. The first-order chi connectivity index (χ1) is 16.5. The number of ether oxygens (including phenoxy) is 1. The Labute approximate surface area is 204 Å². The predicted molar refractivity (Wildman–Crippen MR) is 132 cm³/mol. The number of anilines is 1. The summed E-state index contributed by atoms with van der Waals surface area (Å²) in [6.07, 6.45) is 1.52. The van der Waals surface area contributed by atoms with E-state index >= 15 is 4.39 Å². The quantitative estimate of drug-likeness (QED) is 0.476. The van der Waals surface area contributed by atoms with E-state index in [1.807, 2.05) is 39.0 Å². The van der Waals surface area contributed by atoms with E-state index in [4.69, 9.17) is 15.6 Å². The number of rotatable bonds is 4. The van der Waals surface area contributed by atoms with Gasteiger partial charge in [0.15, 0.2) is 0 Å². The third-order valence-electron chi connectivity index (χ3n) is 6.20. The first-order valence-electron chi connectivity index (χ1n) is 12.0. The Bertz CT molecular complexity index is 1250. The zero-order chi connectivity index (χ0) is 25.5. The topological polar surface area (TPSA) is 73.4 Å². The van der Waals surface area contributed by atoms with Crippen LogP contribution >= 0.6 is 0 Å². The van der Waals surface area contributed by atoms with Crippen molar-refractivity contribution < 1.29 is 18.3 Å². The number of para-hydroxylation sites is 1. The van der Waals surface area contributed by atoms with Gasteiger partial charge in [-0.15, -0.1) is 0 Å². The van der Waals surface area contributed by atoms with Gasteiger partial charge in [-0.1, -0.05) is 32.0 Å². The van der Waals surface area contributed by atoms with Crippen LogP contribution in [0.25, 0.3) is 16.9 Å². The Morgan fingerprint density at radius 2 is 1.77 bits per heavy atom. The summed E-state index contributed by atoms with van der Waals surface area (Å²) in [4.78, 5) is 14.4. The SMILES string of the molecule is CCc1cccc(CC)c1-n1nc2c(c1-c1cc(F)c(N)cc1F)CN(C(=O)OC(C)(C)C)CC2. The molecule has 2 heterocycles. The molecule has 1 amide bonds. The number of benzene rings is 2. The predicted octanol–water partition coefficient (Wildman–Crippen LogP) is 5.82. The van der Waals surface area contributed by atoms with Gasteiger partial charge in [-0.2, -0.15) is 5.10 Å².